The first-order valence-electron chi connectivity index (χ1n) is 11.4. The summed E-state index contributed by atoms with van der Waals surface area (Å²) in [4.78, 5) is 23.9. The van der Waals surface area contributed by atoms with Crippen LogP contribution < -0.4 is 9.47 Å². The molecule has 0 unspecified atom stereocenters. The number of hydrogen-bond acceptors (Lipinski definition) is 5. The van der Waals surface area contributed by atoms with Gasteiger partial charge < -0.3 is 18.9 Å². The van der Waals surface area contributed by atoms with Crippen LogP contribution in [0.1, 0.15) is 51.6 Å². The van der Waals surface area contributed by atoms with Gasteiger partial charge >= 0.3 is 0 Å². The second-order valence-corrected chi connectivity index (χ2v) is 9.90. The van der Waals surface area contributed by atoms with Gasteiger partial charge in [0.2, 0.25) is 11.8 Å². The maximum absolute atomic E-state index is 12.9. The molecule has 7 nitrogen and oxygen atoms in total. The van der Waals surface area contributed by atoms with Crippen LogP contribution in [0.2, 0.25) is 5.15 Å². The Kier molecular flexibility index (Phi) is 5.47. The van der Waals surface area contributed by atoms with E-state index in [4.69, 9.17) is 21.1 Å². The zero-order valence-corrected chi connectivity index (χ0v) is 20.2. The number of halogens is 1. The monoisotopic (exact) mass is 468 g/mol. The van der Waals surface area contributed by atoms with Crippen molar-refractivity contribution in [2.45, 2.75) is 57.7 Å². The van der Waals surface area contributed by atoms with E-state index in [1.807, 2.05) is 42.4 Å². The number of likely N-dealkylation sites (tertiary alicyclic amines) is 1. The molecule has 0 spiro atoms. The summed E-state index contributed by atoms with van der Waals surface area (Å²) in [6.07, 6.45) is 4.30. The van der Waals surface area contributed by atoms with Gasteiger partial charge in [0, 0.05) is 30.5 Å². The van der Waals surface area contributed by atoms with Crippen LogP contribution in [0.3, 0.4) is 0 Å². The van der Waals surface area contributed by atoms with Crippen molar-refractivity contribution in [1.29, 1.82) is 0 Å². The van der Waals surface area contributed by atoms with Crippen LogP contribution >= 0.6 is 11.6 Å². The molecule has 3 aromatic rings. The van der Waals surface area contributed by atoms with Gasteiger partial charge in [-0.1, -0.05) is 23.7 Å². The third-order valence-corrected chi connectivity index (χ3v) is 7.43. The van der Waals surface area contributed by atoms with Gasteiger partial charge in [-0.2, -0.15) is 4.98 Å². The molecule has 1 aromatic carbocycles. The van der Waals surface area contributed by atoms with E-state index < -0.39 is 0 Å². The first kappa shape index (κ1) is 22.0. The zero-order chi connectivity index (χ0) is 23.3. The molecule has 0 radical (unpaired) electrons. The lowest BCUT2D eigenvalue weighted by atomic mass is 10.0. The lowest BCUT2D eigenvalue weighted by Gasteiger charge is -2.27. The van der Waals surface area contributed by atoms with Gasteiger partial charge in [-0.25, -0.2) is 4.98 Å². The predicted molar refractivity (Wildman–Crippen MR) is 127 cm³/mol. The second kappa shape index (κ2) is 8.20. The van der Waals surface area contributed by atoms with Crippen LogP contribution in [-0.4, -0.2) is 45.1 Å². The quantitative estimate of drug-likeness (QED) is 0.457. The van der Waals surface area contributed by atoms with Gasteiger partial charge in [0.1, 0.15) is 22.5 Å². The smallest absolute Gasteiger partial charge is 0.242 e. The number of fused-ring (bicyclic) bond motifs is 1. The molecule has 0 N–H and O–H groups in total. The number of nitrogens with zero attached hydrogens (tertiary/aromatic N) is 4. The Bertz CT molecular complexity index is 1190. The number of aromatic nitrogens is 3. The van der Waals surface area contributed by atoms with E-state index in [0.29, 0.717) is 24.0 Å². The molecular weight excluding hydrogens is 440 g/mol. The van der Waals surface area contributed by atoms with E-state index in [1.54, 1.807) is 13.2 Å². The summed E-state index contributed by atoms with van der Waals surface area (Å²) in [5.74, 6) is 1.49. The number of hydrogen-bond donors (Lipinski definition) is 0. The van der Waals surface area contributed by atoms with E-state index >= 15 is 0 Å². The highest BCUT2D eigenvalue weighted by Crippen LogP contribution is 2.46. The van der Waals surface area contributed by atoms with Crippen molar-refractivity contribution in [3.05, 3.63) is 47.4 Å². The zero-order valence-electron chi connectivity index (χ0n) is 19.4. The van der Waals surface area contributed by atoms with Crippen LogP contribution in [0.25, 0.3) is 11.0 Å². The molecule has 2 aromatic heterocycles. The molecule has 174 valence electrons. The fourth-order valence-corrected chi connectivity index (χ4v) is 4.85. The van der Waals surface area contributed by atoms with Crippen molar-refractivity contribution in [3.8, 4) is 11.6 Å². The fourth-order valence-electron chi connectivity index (χ4n) is 4.67. The summed E-state index contributed by atoms with van der Waals surface area (Å²) >= 11 is 6.27. The number of methoxy groups -OCH3 is 1. The highest BCUT2D eigenvalue weighted by molar-refractivity contribution is 6.30. The molecule has 1 saturated carbocycles. The first-order valence-corrected chi connectivity index (χ1v) is 11.8. The summed E-state index contributed by atoms with van der Waals surface area (Å²) in [5.41, 5.74) is 2.79. The number of ether oxygens (including phenoxy) is 2. The van der Waals surface area contributed by atoms with Gasteiger partial charge in [-0.3, -0.25) is 4.79 Å². The molecule has 1 aliphatic heterocycles. The number of carbonyl (C=O) groups is 1. The number of imidazole rings is 1. The Morgan fingerprint density at radius 3 is 2.61 bits per heavy atom. The third-order valence-electron chi connectivity index (χ3n) is 7.23. The minimum Gasteiger partial charge on any atom is -0.497 e. The Morgan fingerprint density at radius 2 is 1.94 bits per heavy atom. The van der Waals surface area contributed by atoms with Gasteiger partial charge in [-0.05, 0) is 51.3 Å². The van der Waals surface area contributed by atoms with Crippen LogP contribution in [0, 0.1) is 5.92 Å². The van der Waals surface area contributed by atoms with E-state index in [-0.39, 0.29) is 29.5 Å². The van der Waals surface area contributed by atoms with Crippen LogP contribution in [0.15, 0.2) is 36.7 Å². The molecule has 3 atom stereocenters. The standard InChI is InChI=1S/C25H29ClN4O3/c1-15(17-5-7-19(32-4)8-6-17)29-13-18(11-22(29)31)16(2)33-24-23-20(12-21(26)28-24)27-14-30(23)25(3)9-10-25/h5-8,12,14-16,18H,9-11,13H2,1-4H3/t15-,16-,18-/m1/s1. The van der Waals surface area contributed by atoms with Crippen molar-refractivity contribution in [2.75, 3.05) is 13.7 Å². The molecule has 2 aliphatic rings. The Hall–Kier alpha value is -2.80. The van der Waals surface area contributed by atoms with Crippen molar-refractivity contribution >= 4 is 28.5 Å². The molecule has 0 bridgehead atoms. The lowest BCUT2D eigenvalue weighted by molar-refractivity contribution is -0.129. The molecule has 33 heavy (non-hydrogen) atoms. The van der Waals surface area contributed by atoms with E-state index in [1.165, 1.54) is 0 Å². The number of amides is 1. The molecule has 1 saturated heterocycles. The van der Waals surface area contributed by atoms with Crippen molar-refractivity contribution in [3.63, 3.8) is 0 Å². The molecule has 8 heteroatoms. The second-order valence-electron chi connectivity index (χ2n) is 9.51. The largest absolute Gasteiger partial charge is 0.497 e. The SMILES string of the molecule is COc1ccc([C@@H](C)N2C[C@H]([C@@H](C)Oc3nc(Cl)cc4ncn(C5(C)CC5)c34)CC2=O)cc1. The minimum atomic E-state index is -0.202. The predicted octanol–water partition coefficient (Wildman–Crippen LogP) is 4.98. The third kappa shape index (κ3) is 4.03. The number of carbonyl (C=O) groups excluding carboxylic acids is 1. The average molecular weight is 469 g/mol. The molecule has 1 aliphatic carbocycles. The Labute approximate surface area is 198 Å². The minimum absolute atomic E-state index is 0.0205. The number of rotatable bonds is 7. The highest BCUT2D eigenvalue weighted by atomic mass is 35.5. The van der Waals surface area contributed by atoms with Crippen molar-refractivity contribution in [1.82, 2.24) is 19.4 Å². The van der Waals surface area contributed by atoms with Crippen LogP contribution in [0.5, 0.6) is 11.6 Å². The Morgan fingerprint density at radius 1 is 1.21 bits per heavy atom. The summed E-state index contributed by atoms with van der Waals surface area (Å²) in [5, 5.41) is 0.355. The van der Waals surface area contributed by atoms with Crippen molar-refractivity contribution < 1.29 is 14.3 Å². The van der Waals surface area contributed by atoms with Gasteiger partial charge in [0.25, 0.3) is 0 Å². The van der Waals surface area contributed by atoms with E-state index in [0.717, 1.165) is 35.2 Å². The average Bonchev–Trinajstić information content (AvgIpc) is 3.20. The highest BCUT2D eigenvalue weighted by Gasteiger charge is 2.41. The lowest BCUT2D eigenvalue weighted by Crippen LogP contribution is -2.31. The molecule has 1 amide bonds. The molecule has 5 rings (SSSR count). The van der Waals surface area contributed by atoms with Gasteiger partial charge in [0.05, 0.1) is 25.0 Å². The van der Waals surface area contributed by atoms with Crippen LogP contribution in [0.4, 0.5) is 0 Å². The summed E-state index contributed by atoms with van der Waals surface area (Å²) in [6.45, 7) is 6.91. The number of pyridine rings is 1. The molecule has 3 heterocycles. The Balaban J connectivity index is 1.34. The topological polar surface area (TPSA) is 69.5 Å². The van der Waals surface area contributed by atoms with Crippen molar-refractivity contribution in [2.24, 2.45) is 5.92 Å². The number of benzene rings is 1. The summed E-state index contributed by atoms with van der Waals surface area (Å²) < 4.78 is 13.8. The van der Waals surface area contributed by atoms with E-state index in [9.17, 15) is 4.79 Å². The summed E-state index contributed by atoms with van der Waals surface area (Å²) in [7, 11) is 1.65. The molecular formula is C25H29ClN4O3. The maximum atomic E-state index is 12.9. The summed E-state index contributed by atoms with van der Waals surface area (Å²) in [6, 6.07) is 9.62. The van der Waals surface area contributed by atoms with Gasteiger partial charge in [-0.15, -0.1) is 0 Å². The normalized spacial score (nSPS) is 21.3. The van der Waals surface area contributed by atoms with Gasteiger partial charge in [0.15, 0.2) is 0 Å². The maximum Gasteiger partial charge on any atom is 0.242 e. The fraction of sp³-hybridized carbons (Fsp3) is 0.480. The molecule has 2 fully saturated rings. The van der Waals surface area contributed by atoms with Crippen LogP contribution in [-0.2, 0) is 10.3 Å². The first-order chi connectivity index (χ1) is 15.8. The van der Waals surface area contributed by atoms with E-state index in [2.05, 4.69) is 28.4 Å².